The molecule has 2 fully saturated rings. The molecule has 0 bridgehead atoms. The Morgan fingerprint density at radius 3 is 2.04 bits per heavy atom. The number of likely N-dealkylation sites (tertiary alicyclic amines) is 1. The molecule has 4 atom stereocenters. The summed E-state index contributed by atoms with van der Waals surface area (Å²) in [5, 5.41) is 8.01. The molecular weight excluding hydrogens is 1040 g/mol. The summed E-state index contributed by atoms with van der Waals surface area (Å²) in [4.78, 5) is 108. The first-order chi connectivity index (χ1) is 39.2. The molecule has 0 aliphatic carbocycles. The number of esters is 1. The van der Waals surface area contributed by atoms with Crippen LogP contribution >= 0.6 is 0 Å². The van der Waals surface area contributed by atoms with E-state index in [1.807, 2.05) is 31.2 Å². The van der Waals surface area contributed by atoms with Gasteiger partial charge in [-0.2, -0.15) is 0 Å². The van der Waals surface area contributed by atoms with Crippen molar-refractivity contribution in [2.75, 3.05) is 61.8 Å². The number of methoxy groups -OCH3 is 5. The molecule has 0 radical (unpaired) electrons. The fraction of sp³-hybridized carbons (Fsp3) is 0.475. The van der Waals surface area contributed by atoms with E-state index in [2.05, 4.69) is 16.0 Å². The fourth-order valence-electron chi connectivity index (χ4n) is 10.7. The van der Waals surface area contributed by atoms with Crippen LogP contribution in [0.5, 0.6) is 34.5 Å². The van der Waals surface area contributed by atoms with Crippen molar-refractivity contribution in [3.05, 3.63) is 106 Å². The van der Waals surface area contributed by atoms with Crippen LogP contribution in [0.1, 0.15) is 145 Å². The van der Waals surface area contributed by atoms with Crippen molar-refractivity contribution in [1.82, 2.24) is 25.8 Å². The molecule has 81 heavy (non-hydrogen) atoms. The van der Waals surface area contributed by atoms with Crippen LogP contribution in [-0.4, -0.2) is 131 Å². The molecule has 20 heteroatoms. The number of fused-ring (bicyclic) bond motifs is 1. The number of unbranched alkanes of at least 4 members (excludes halogenated alkanes) is 5. The number of benzene rings is 4. The molecule has 4 aromatic carbocycles. The molecule has 3 aliphatic rings. The van der Waals surface area contributed by atoms with Crippen LogP contribution in [0.2, 0.25) is 0 Å². The summed E-state index contributed by atoms with van der Waals surface area (Å²) >= 11 is 0. The van der Waals surface area contributed by atoms with E-state index in [0.717, 1.165) is 61.8 Å². The van der Waals surface area contributed by atoms with E-state index in [1.165, 1.54) is 27.4 Å². The maximum atomic E-state index is 14.5. The van der Waals surface area contributed by atoms with Crippen molar-refractivity contribution in [2.45, 2.75) is 127 Å². The minimum Gasteiger partial charge on any atom is -0.493 e. The Morgan fingerprint density at radius 1 is 0.691 bits per heavy atom. The van der Waals surface area contributed by atoms with Crippen molar-refractivity contribution in [3.63, 3.8) is 0 Å². The van der Waals surface area contributed by atoms with Crippen LogP contribution in [0, 0.1) is 0 Å². The van der Waals surface area contributed by atoms with Gasteiger partial charge in [0.1, 0.15) is 23.9 Å². The van der Waals surface area contributed by atoms with E-state index in [9.17, 15) is 38.4 Å². The number of imide groups is 2. The van der Waals surface area contributed by atoms with Crippen LogP contribution in [-0.2, 0) is 46.3 Å². The Kier molecular flexibility index (Phi) is 21.9. The molecule has 0 spiro atoms. The topological polar surface area (TPSA) is 244 Å². The van der Waals surface area contributed by atoms with Gasteiger partial charge >= 0.3 is 5.97 Å². The van der Waals surface area contributed by atoms with Crippen LogP contribution in [0.4, 0.5) is 0 Å². The monoisotopic (exact) mass is 1120 g/mol. The number of amides is 7. The first-order valence-corrected chi connectivity index (χ1v) is 27.8. The zero-order chi connectivity index (χ0) is 58.0. The van der Waals surface area contributed by atoms with Gasteiger partial charge in [0.2, 0.25) is 29.4 Å². The summed E-state index contributed by atoms with van der Waals surface area (Å²) in [5.41, 5.74) is 2.91. The van der Waals surface area contributed by atoms with Crippen LogP contribution in [0.3, 0.4) is 0 Å². The van der Waals surface area contributed by atoms with Gasteiger partial charge in [-0.25, -0.2) is 4.79 Å². The largest absolute Gasteiger partial charge is 0.493 e. The highest BCUT2D eigenvalue weighted by Crippen LogP contribution is 2.42. The van der Waals surface area contributed by atoms with Crippen molar-refractivity contribution >= 4 is 47.3 Å². The van der Waals surface area contributed by atoms with Crippen LogP contribution < -0.4 is 44.4 Å². The number of ether oxygens (including phenoxy) is 7. The summed E-state index contributed by atoms with van der Waals surface area (Å²) in [6, 6.07) is 19.2. The average molecular weight is 1120 g/mol. The lowest BCUT2D eigenvalue weighted by Crippen LogP contribution is -2.54. The van der Waals surface area contributed by atoms with Gasteiger partial charge in [-0.05, 0) is 123 Å². The first kappa shape index (κ1) is 60.5. The summed E-state index contributed by atoms with van der Waals surface area (Å²) < 4.78 is 40.2. The normalized spacial score (nSPS) is 16.6. The second kappa shape index (κ2) is 29.3. The molecule has 20 nitrogen and oxygen atoms in total. The second-order valence-electron chi connectivity index (χ2n) is 20.3. The van der Waals surface area contributed by atoms with Gasteiger partial charge in [0, 0.05) is 26.1 Å². The molecular formula is C61H75N5O15. The van der Waals surface area contributed by atoms with Crippen LogP contribution in [0.15, 0.2) is 72.8 Å². The number of hydrogen-bond acceptors (Lipinski definition) is 15. The lowest BCUT2D eigenvalue weighted by Gasteiger charge is -2.37. The number of nitrogens with zero attached hydrogens (tertiary/aromatic N) is 2. The predicted molar refractivity (Wildman–Crippen MR) is 298 cm³/mol. The highest BCUT2D eigenvalue weighted by Gasteiger charge is 2.46. The van der Waals surface area contributed by atoms with E-state index in [-0.39, 0.29) is 54.7 Å². The summed E-state index contributed by atoms with van der Waals surface area (Å²) in [6.07, 6.45) is 7.61. The van der Waals surface area contributed by atoms with Crippen LogP contribution in [0.25, 0.3) is 0 Å². The molecule has 3 heterocycles. The quantitative estimate of drug-likeness (QED) is 0.0279. The number of aryl methyl sites for hydroxylation is 1. The Labute approximate surface area is 472 Å². The zero-order valence-corrected chi connectivity index (χ0v) is 47.2. The average Bonchev–Trinajstić information content (AvgIpc) is 3.96. The number of carbonyl (C=O) groups is 8. The smallest absolute Gasteiger partial charge is 0.329 e. The summed E-state index contributed by atoms with van der Waals surface area (Å²) in [6.45, 7) is 3.00. The minimum atomic E-state index is -1.09. The Bertz CT molecular complexity index is 2900. The third-order valence-electron chi connectivity index (χ3n) is 15.0. The van der Waals surface area contributed by atoms with E-state index < -0.39 is 53.7 Å². The van der Waals surface area contributed by atoms with Gasteiger partial charge in [-0.3, -0.25) is 43.8 Å². The molecule has 2 saturated heterocycles. The van der Waals surface area contributed by atoms with Gasteiger partial charge < -0.3 is 48.7 Å². The molecule has 0 saturated carbocycles. The third-order valence-corrected chi connectivity index (χ3v) is 15.0. The Morgan fingerprint density at radius 2 is 1.37 bits per heavy atom. The van der Waals surface area contributed by atoms with Crippen molar-refractivity contribution in [3.8, 4) is 34.5 Å². The summed E-state index contributed by atoms with van der Waals surface area (Å²) in [5.74, 6) is -1.45. The molecule has 1 unspecified atom stereocenters. The minimum absolute atomic E-state index is 0.0156. The standard InChI is InChI=1S/C61H75N5O15/c1-7-43(41-34-50(77-4)56(79-6)51(35-41)78-5)58(71)65-31-15-12-22-46(65)61(74)81-47(26-23-38-24-27-48(75-2)49(32-38)76-3)39-18-16-20-42(33-39)80-37-54(69)63-30-14-11-9-8-10-13-29-62-53(68)36-40-19-17-21-44-55(40)60(73)66(59(44)72)45-25-28-52(67)64-57(45)70/h16-21,24,27,32-35,43,45-47H,7-15,22-23,25-26,28-31,36-37H2,1-6H3,(H,62,68)(H,63,69)(H,64,67,70)/t43-,45?,46-,47+/m0/s1. The molecule has 4 aromatic rings. The molecule has 7 amide bonds. The number of rotatable bonds is 29. The first-order valence-electron chi connectivity index (χ1n) is 27.8. The molecule has 0 aromatic heterocycles. The van der Waals surface area contributed by atoms with E-state index >= 15 is 0 Å². The van der Waals surface area contributed by atoms with Crippen molar-refractivity contribution in [2.24, 2.45) is 0 Å². The predicted octanol–water partition coefficient (Wildman–Crippen LogP) is 7.12. The van der Waals surface area contributed by atoms with E-state index in [4.69, 9.17) is 33.2 Å². The lowest BCUT2D eigenvalue weighted by atomic mass is 9.91. The lowest BCUT2D eigenvalue weighted by molar-refractivity contribution is -0.162. The van der Waals surface area contributed by atoms with Gasteiger partial charge in [0.05, 0.1) is 59.0 Å². The SMILES string of the molecule is CC[C@H](C(=O)N1CCCC[C@H]1C(=O)O[C@H](CCc1ccc(OC)c(OC)c1)c1cccc(OCC(=O)NCCCCCCCCNC(=O)Cc2cccc3c2C(=O)N(C2CCC(=O)NC2=O)C3=O)c1)c1cc(OC)c(OC)c(OC)c1. The molecule has 7 rings (SSSR count). The summed E-state index contributed by atoms with van der Waals surface area (Å²) in [7, 11) is 7.71. The molecule has 3 aliphatic heterocycles. The maximum Gasteiger partial charge on any atom is 0.329 e. The van der Waals surface area contributed by atoms with Gasteiger partial charge in [0.25, 0.3) is 17.7 Å². The molecule has 434 valence electrons. The molecule has 3 N–H and O–H groups in total. The maximum absolute atomic E-state index is 14.5. The van der Waals surface area contributed by atoms with E-state index in [0.29, 0.717) is 96.5 Å². The number of piperidine rings is 2. The fourth-order valence-corrected chi connectivity index (χ4v) is 10.7. The zero-order valence-electron chi connectivity index (χ0n) is 47.2. The van der Waals surface area contributed by atoms with Crippen molar-refractivity contribution < 1.29 is 71.5 Å². The highest BCUT2D eigenvalue weighted by molar-refractivity contribution is 6.24. The number of hydrogen-bond donors (Lipinski definition) is 3. The van der Waals surface area contributed by atoms with Gasteiger partial charge in [-0.1, -0.05) is 62.9 Å². The number of carbonyl (C=O) groups excluding carboxylic acids is 8. The highest BCUT2D eigenvalue weighted by atomic mass is 16.5. The van der Waals surface area contributed by atoms with Gasteiger partial charge in [-0.15, -0.1) is 0 Å². The van der Waals surface area contributed by atoms with Gasteiger partial charge in [0.15, 0.2) is 29.6 Å². The number of nitrogens with one attached hydrogen (secondary N) is 3. The second-order valence-corrected chi connectivity index (χ2v) is 20.3. The Hall–Kier alpha value is -8.16. The van der Waals surface area contributed by atoms with Crippen molar-refractivity contribution in [1.29, 1.82) is 0 Å². The Balaban J connectivity index is 0.868. The third kappa shape index (κ3) is 15.2. The van der Waals surface area contributed by atoms with E-state index in [1.54, 1.807) is 61.6 Å².